The van der Waals surface area contributed by atoms with Crippen LogP contribution in [0.1, 0.15) is 41.1 Å². The first-order valence-electron chi connectivity index (χ1n) is 6.98. The molecule has 0 bridgehead atoms. The Morgan fingerprint density at radius 3 is 2.33 bits per heavy atom. The largest absolute Gasteiger partial charge is 0.444 e. The van der Waals surface area contributed by atoms with Gasteiger partial charge < -0.3 is 9.32 Å². The van der Waals surface area contributed by atoms with E-state index in [1.165, 1.54) is 0 Å². The molecule has 0 saturated heterocycles. The van der Waals surface area contributed by atoms with Crippen molar-refractivity contribution in [3.63, 3.8) is 0 Å². The van der Waals surface area contributed by atoms with Crippen LogP contribution in [0.2, 0.25) is 0 Å². The van der Waals surface area contributed by atoms with Gasteiger partial charge in [-0.25, -0.2) is 0 Å². The highest BCUT2D eigenvalue weighted by Crippen LogP contribution is 2.28. The van der Waals surface area contributed by atoms with Crippen LogP contribution in [0.3, 0.4) is 0 Å². The number of hydrogen-bond donors (Lipinski definition) is 0. The molecule has 0 radical (unpaired) electrons. The number of carbonyl (C=O) groups is 1. The van der Waals surface area contributed by atoms with Gasteiger partial charge in [0.2, 0.25) is 0 Å². The number of furan rings is 1. The maximum atomic E-state index is 12.9. The zero-order chi connectivity index (χ0) is 15.7. The summed E-state index contributed by atoms with van der Waals surface area (Å²) in [7, 11) is 0. The van der Waals surface area contributed by atoms with Gasteiger partial charge in [0.1, 0.15) is 0 Å². The second-order valence-electron chi connectivity index (χ2n) is 5.62. The van der Waals surface area contributed by atoms with Gasteiger partial charge in [-0.3, -0.25) is 4.79 Å². The molecule has 2 rings (SSSR count). The number of rotatable bonds is 3. The Hall–Kier alpha value is -1.55. The summed E-state index contributed by atoms with van der Waals surface area (Å²) < 4.78 is 6.10. The molecule has 21 heavy (non-hydrogen) atoms. The van der Waals surface area contributed by atoms with Gasteiger partial charge in [0.25, 0.3) is 5.91 Å². The SMILES string of the molecule is Cc1ccc(C)c(N(C(=O)c2oc(Br)cc2C)C(C)C)c1. The van der Waals surface area contributed by atoms with Gasteiger partial charge in [0, 0.05) is 17.3 Å². The zero-order valence-corrected chi connectivity index (χ0v) is 14.6. The van der Waals surface area contributed by atoms with Crippen molar-refractivity contribution in [3.05, 3.63) is 51.4 Å². The lowest BCUT2D eigenvalue weighted by Crippen LogP contribution is -2.37. The lowest BCUT2D eigenvalue weighted by atomic mass is 10.1. The number of hydrogen-bond acceptors (Lipinski definition) is 2. The second kappa shape index (κ2) is 6.06. The van der Waals surface area contributed by atoms with Crippen molar-refractivity contribution in [3.8, 4) is 0 Å². The van der Waals surface area contributed by atoms with Crippen LogP contribution in [-0.4, -0.2) is 11.9 Å². The van der Waals surface area contributed by atoms with Crippen LogP contribution in [0.4, 0.5) is 5.69 Å². The van der Waals surface area contributed by atoms with Crippen molar-refractivity contribution in [2.45, 2.75) is 40.7 Å². The molecule has 0 N–H and O–H groups in total. The Balaban J connectivity index is 2.51. The van der Waals surface area contributed by atoms with Crippen molar-refractivity contribution in [2.24, 2.45) is 0 Å². The van der Waals surface area contributed by atoms with Gasteiger partial charge in [-0.15, -0.1) is 0 Å². The van der Waals surface area contributed by atoms with Crippen molar-refractivity contribution in [2.75, 3.05) is 4.90 Å². The molecule has 1 aromatic carbocycles. The summed E-state index contributed by atoms with van der Waals surface area (Å²) in [5, 5.41) is 0. The standard InChI is InChI=1S/C17H20BrNO2/c1-10(2)19(14-8-11(3)6-7-12(14)4)17(20)16-13(5)9-15(18)21-16/h6-10H,1-5H3. The minimum atomic E-state index is -0.109. The van der Waals surface area contributed by atoms with Gasteiger partial charge in [-0.1, -0.05) is 12.1 Å². The van der Waals surface area contributed by atoms with E-state index >= 15 is 0 Å². The predicted molar refractivity (Wildman–Crippen MR) is 89.0 cm³/mol. The van der Waals surface area contributed by atoms with Crippen LogP contribution in [0.15, 0.2) is 33.4 Å². The summed E-state index contributed by atoms with van der Waals surface area (Å²) in [6, 6.07) is 7.99. The first-order valence-corrected chi connectivity index (χ1v) is 7.77. The van der Waals surface area contributed by atoms with E-state index in [0.717, 1.165) is 22.4 Å². The summed E-state index contributed by atoms with van der Waals surface area (Å²) in [6.45, 7) is 9.94. The molecule has 1 amide bonds. The predicted octanol–water partition coefficient (Wildman–Crippen LogP) is 5.02. The van der Waals surface area contributed by atoms with Crippen molar-refractivity contribution >= 4 is 27.5 Å². The molecule has 3 nitrogen and oxygen atoms in total. The molecule has 0 aliphatic carbocycles. The molecule has 0 aliphatic heterocycles. The summed E-state index contributed by atoms with van der Waals surface area (Å²) in [4.78, 5) is 14.7. The normalized spacial score (nSPS) is 11.0. The lowest BCUT2D eigenvalue weighted by molar-refractivity contribution is 0.0951. The fourth-order valence-corrected chi connectivity index (χ4v) is 2.87. The van der Waals surface area contributed by atoms with E-state index < -0.39 is 0 Å². The van der Waals surface area contributed by atoms with Gasteiger partial charge in [0.05, 0.1) is 0 Å². The van der Waals surface area contributed by atoms with Gasteiger partial charge in [-0.05, 0) is 73.8 Å². The molecule has 112 valence electrons. The molecular weight excluding hydrogens is 330 g/mol. The average Bonchev–Trinajstić information content (AvgIpc) is 2.72. The van der Waals surface area contributed by atoms with E-state index in [0.29, 0.717) is 10.4 Å². The Morgan fingerprint density at radius 2 is 1.81 bits per heavy atom. The molecular formula is C17H20BrNO2. The summed E-state index contributed by atoms with van der Waals surface area (Å²) >= 11 is 3.28. The summed E-state index contributed by atoms with van der Waals surface area (Å²) in [6.07, 6.45) is 0. The van der Waals surface area contributed by atoms with E-state index in [-0.39, 0.29) is 11.9 Å². The molecule has 0 unspecified atom stereocenters. The van der Waals surface area contributed by atoms with Crippen LogP contribution in [-0.2, 0) is 0 Å². The van der Waals surface area contributed by atoms with E-state index in [4.69, 9.17) is 4.42 Å². The van der Waals surface area contributed by atoms with Gasteiger partial charge >= 0.3 is 0 Å². The molecule has 0 fully saturated rings. The molecule has 1 heterocycles. The van der Waals surface area contributed by atoms with Crippen LogP contribution < -0.4 is 4.90 Å². The van der Waals surface area contributed by atoms with E-state index in [9.17, 15) is 4.79 Å². The monoisotopic (exact) mass is 349 g/mol. The highest BCUT2D eigenvalue weighted by molar-refractivity contribution is 9.10. The minimum Gasteiger partial charge on any atom is -0.444 e. The number of amides is 1. The highest BCUT2D eigenvalue weighted by Gasteiger charge is 2.26. The molecule has 4 heteroatoms. The third-order valence-electron chi connectivity index (χ3n) is 3.44. The topological polar surface area (TPSA) is 33.5 Å². The maximum Gasteiger partial charge on any atom is 0.294 e. The molecule has 0 atom stereocenters. The third-order valence-corrected chi connectivity index (χ3v) is 3.83. The van der Waals surface area contributed by atoms with Crippen LogP contribution >= 0.6 is 15.9 Å². The number of anilines is 1. The summed E-state index contributed by atoms with van der Waals surface area (Å²) in [5.41, 5.74) is 3.97. The molecule has 0 saturated carbocycles. The first-order chi connectivity index (χ1) is 9.81. The maximum absolute atomic E-state index is 12.9. The Morgan fingerprint density at radius 1 is 1.14 bits per heavy atom. The highest BCUT2D eigenvalue weighted by atomic mass is 79.9. The third kappa shape index (κ3) is 3.21. The van der Waals surface area contributed by atoms with Crippen LogP contribution in [0.25, 0.3) is 0 Å². The smallest absolute Gasteiger partial charge is 0.294 e. The van der Waals surface area contributed by atoms with Crippen LogP contribution in [0, 0.1) is 20.8 Å². The number of carbonyl (C=O) groups excluding carboxylic acids is 1. The van der Waals surface area contributed by atoms with E-state index in [1.54, 1.807) is 4.90 Å². The van der Waals surface area contributed by atoms with Gasteiger partial charge in [0.15, 0.2) is 10.4 Å². The quantitative estimate of drug-likeness (QED) is 0.779. The number of aryl methyl sites for hydroxylation is 3. The Bertz CT molecular complexity index is 673. The average molecular weight is 350 g/mol. The number of benzene rings is 1. The van der Waals surface area contributed by atoms with E-state index in [2.05, 4.69) is 22.0 Å². The van der Waals surface area contributed by atoms with Crippen molar-refractivity contribution in [1.29, 1.82) is 0 Å². The second-order valence-corrected chi connectivity index (χ2v) is 6.40. The Kier molecular flexibility index (Phi) is 4.57. The van der Waals surface area contributed by atoms with E-state index in [1.807, 2.05) is 52.8 Å². The number of nitrogens with zero attached hydrogens (tertiary/aromatic N) is 1. The fourth-order valence-electron chi connectivity index (χ4n) is 2.37. The van der Waals surface area contributed by atoms with Crippen LogP contribution in [0.5, 0.6) is 0 Å². The zero-order valence-electron chi connectivity index (χ0n) is 13.0. The molecule has 1 aromatic heterocycles. The summed E-state index contributed by atoms with van der Waals surface area (Å²) in [5.74, 6) is 0.276. The number of halogens is 1. The molecule has 0 spiro atoms. The minimum absolute atomic E-state index is 0.0428. The van der Waals surface area contributed by atoms with Crippen molar-refractivity contribution in [1.82, 2.24) is 0 Å². The van der Waals surface area contributed by atoms with Crippen molar-refractivity contribution < 1.29 is 9.21 Å². The molecule has 2 aromatic rings. The Labute approximate surface area is 134 Å². The lowest BCUT2D eigenvalue weighted by Gasteiger charge is -2.28. The first kappa shape index (κ1) is 15.8. The molecule has 0 aliphatic rings. The fraction of sp³-hybridized carbons (Fsp3) is 0.353. The van der Waals surface area contributed by atoms with Gasteiger partial charge in [-0.2, -0.15) is 0 Å².